The third-order valence-electron chi connectivity index (χ3n) is 1.35. The van der Waals surface area contributed by atoms with E-state index in [4.69, 9.17) is 5.73 Å². The second-order valence-corrected chi connectivity index (χ2v) is 2.18. The molecule has 2 N–H and O–H groups in total. The van der Waals surface area contributed by atoms with Crippen molar-refractivity contribution in [2.75, 3.05) is 6.54 Å². The molecular weight excluding hydrogens is 98.1 g/mol. The maximum Gasteiger partial charge on any atom is 0.0175 e. The molecule has 8 heavy (non-hydrogen) atoms. The van der Waals surface area contributed by atoms with Gasteiger partial charge in [0.25, 0.3) is 0 Å². The fraction of sp³-hybridized carbons (Fsp3) is 0.429. The highest BCUT2D eigenvalue weighted by molar-refractivity contribution is 5.31. The van der Waals surface area contributed by atoms with Crippen LogP contribution in [-0.2, 0) is 0 Å². The molecule has 1 nitrogen and oxygen atoms in total. The minimum Gasteiger partial charge on any atom is -0.327 e. The van der Waals surface area contributed by atoms with Gasteiger partial charge in [-0.2, -0.15) is 0 Å². The Hall–Kier alpha value is -0.560. The first-order valence-corrected chi connectivity index (χ1v) is 2.89. The zero-order valence-corrected chi connectivity index (χ0v) is 5.15. The van der Waals surface area contributed by atoms with Crippen molar-refractivity contribution < 1.29 is 0 Å². The summed E-state index contributed by atoms with van der Waals surface area (Å²) in [6.45, 7) is 2.82. The van der Waals surface area contributed by atoms with Crippen LogP contribution in [0.25, 0.3) is 0 Å². The first kappa shape index (κ1) is 5.57. The molecule has 0 fully saturated rings. The molecule has 0 bridgehead atoms. The summed E-state index contributed by atoms with van der Waals surface area (Å²) in [5.74, 6) is 0. The summed E-state index contributed by atoms with van der Waals surface area (Å²) in [7, 11) is 0. The Morgan fingerprint density at radius 1 is 1.75 bits per heavy atom. The number of hydrogen-bond donors (Lipinski definition) is 1. The van der Waals surface area contributed by atoms with Gasteiger partial charge in [0.15, 0.2) is 0 Å². The van der Waals surface area contributed by atoms with Gasteiger partial charge in [-0.15, -0.1) is 0 Å². The lowest BCUT2D eigenvalue weighted by Crippen LogP contribution is -1.98. The molecule has 1 heteroatoms. The lowest BCUT2D eigenvalue weighted by molar-refractivity contribution is 1.19. The smallest absolute Gasteiger partial charge is 0.0175 e. The zero-order valence-electron chi connectivity index (χ0n) is 5.15. The van der Waals surface area contributed by atoms with Gasteiger partial charge in [-0.25, -0.2) is 0 Å². The van der Waals surface area contributed by atoms with Gasteiger partial charge >= 0.3 is 0 Å². The molecule has 0 aliphatic heterocycles. The van der Waals surface area contributed by atoms with Gasteiger partial charge in [0.2, 0.25) is 0 Å². The molecule has 0 heterocycles. The largest absolute Gasteiger partial charge is 0.327 e. The van der Waals surface area contributed by atoms with Crippen molar-refractivity contribution in [2.24, 2.45) is 5.73 Å². The molecule has 0 aromatic heterocycles. The van der Waals surface area contributed by atoms with Gasteiger partial charge in [-0.1, -0.05) is 17.7 Å². The number of rotatable bonds is 1. The van der Waals surface area contributed by atoms with Crippen LogP contribution in [0, 0.1) is 0 Å². The molecule has 1 aliphatic carbocycles. The maximum absolute atomic E-state index is 5.38. The van der Waals surface area contributed by atoms with Crippen molar-refractivity contribution >= 4 is 0 Å². The van der Waals surface area contributed by atoms with Gasteiger partial charge in [0, 0.05) is 6.54 Å². The lowest BCUT2D eigenvalue weighted by atomic mass is 10.3. The highest BCUT2D eigenvalue weighted by Gasteiger charge is 1.98. The quantitative estimate of drug-likeness (QED) is 0.538. The molecule has 0 amide bonds. The summed E-state index contributed by atoms with van der Waals surface area (Å²) >= 11 is 0. The first-order valence-electron chi connectivity index (χ1n) is 2.89. The van der Waals surface area contributed by atoms with E-state index < -0.39 is 0 Å². The highest BCUT2D eigenvalue weighted by Crippen LogP contribution is 2.14. The Kier molecular flexibility index (Phi) is 1.49. The Morgan fingerprint density at radius 3 is 2.75 bits per heavy atom. The molecule has 1 rings (SSSR count). The van der Waals surface area contributed by atoms with Gasteiger partial charge in [-0.05, 0) is 18.9 Å². The highest BCUT2D eigenvalue weighted by atomic mass is 14.5. The molecule has 0 radical (unpaired) electrons. The van der Waals surface area contributed by atoms with Crippen molar-refractivity contribution in [2.45, 2.75) is 13.3 Å². The van der Waals surface area contributed by atoms with E-state index in [9.17, 15) is 0 Å². The van der Waals surface area contributed by atoms with Crippen molar-refractivity contribution in [1.82, 2.24) is 0 Å². The average Bonchev–Trinajstić information content (AvgIpc) is 2.14. The van der Waals surface area contributed by atoms with Gasteiger partial charge in [-0.3, -0.25) is 0 Å². The van der Waals surface area contributed by atoms with Gasteiger partial charge in [0.1, 0.15) is 0 Å². The second kappa shape index (κ2) is 2.14. The van der Waals surface area contributed by atoms with Crippen LogP contribution in [0.15, 0.2) is 23.3 Å². The molecule has 0 aromatic rings. The third-order valence-corrected chi connectivity index (χ3v) is 1.35. The molecule has 1 aliphatic rings. The summed E-state index contributed by atoms with van der Waals surface area (Å²) in [5, 5.41) is 0. The van der Waals surface area contributed by atoms with E-state index in [2.05, 4.69) is 19.1 Å². The van der Waals surface area contributed by atoms with Crippen molar-refractivity contribution in [1.29, 1.82) is 0 Å². The second-order valence-electron chi connectivity index (χ2n) is 2.18. The number of allylic oxidation sites excluding steroid dienone is 2. The van der Waals surface area contributed by atoms with E-state index in [0.717, 1.165) is 6.42 Å². The monoisotopic (exact) mass is 109 g/mol. The fourth-order valence-corrected chi connectivity index (χ4v) is 0.869. The summed E-state index contributed by atoms with van der Waals surface area (Å²) in [4.78, 5) is 0. The molecule has 0 saturated carbocycles. The minimum absolute atomic E-state index is 0.692. The van der Waals surface area contributed by atoms with Crippen molar-refractivity contribution in [3.63, 3.8) is 0 Å². The molecule has 0 aromatic carbocycles. The standard InChI is InChI=1S/C7H11N/c1-6-2-3-7(4-6)5-8/h3-4H,2,5,8H2,1H3. The van der Waals surface area contributed by atoms with Gasteiger partial charge < -0.3 is 5.73 Å². The summed E-state index contributed by atoms with van der Waals surface area (Å²) < 4.78 is 0. The first-order chi connectivity index (χ1) is 3.83. The SMILES string of the molecule is CC1=CC(CN)=CC1. The van der Waals surface area contributed by atoms with Gasteiger partial charge in [0.05, 0.1) is 0 Å². The Morgan fingerprint density at radius 2 is 2.50 bits per heavy atom. The molecule has 0 unspecified atom stereocenters. The minimum atomic E-state index is 0.692. The van der Waals surface area contributed by atoms with Crippen LogP contribution in [0.2, 0.25) is 0 Å². The van der Waals surface area contributed by atoms with E-state index in [1.807, 2.05) is 0 Å². The third kappa shape index (κ3) is 0.984. The lowest BCUT2D eigenvalue weighted by Gasteiger charge is -1.86. The van der Waals surface area contributed by atoms with Crippen molar-refractivity contribution in [3.05, 3.63) is 23.3 Å². The average molecular weight is 109 g/mol. The van der Waals surface area contributed by atoms with Crippen LogP contribution < -0.4 is 5.73 Å². The van der Waals surface area contributed by atoms with Crippen LogP contribution in [0.4, 0.5) is 0 Å². The predicted molar refractivity (Wildman–Crippen MR) is 35.5 cm³/mol. The van der Waals surface area contributed by atoms with Crippen LogP contribution in [-0.4, -0.2) is 6.54 Å². The van der Waals surface area contributed by atoms with E-state index in [0.29, 0.717) is 6.54 Å². The summed E-state index contributed by atoms with van der Waals surface area (Å²) in [6, 6.07) is 0. The fourth-order valence-electron chi connectivity index (χ4n) is 0.869. The van der Waals surface area contributed by atoms with Crippen LogP contribution >= 0.6 is 0 Å². The Bertz CT molecular complexity index is 142. The van der Waals surface area contributed by atoms with E-state index in [1.54, 1.807) is 0 Å². The summed E-state index contributed by atoms with van der Waals surface area (Å²) in [5.41, 5.74) is 8.08. The van der Waals surface area contributed by atoms with Crippen molar-refractivity contribution in [3.8, 4) is 0 Å². The van der Waals surface area contributed by atoms with E-state index >= 15 is 0 Å². The topological polar surface area (TPSA) is 26.0 Å². The molecule has 0 saturated heterocycles. The molecular formula is C7H11N. The molecule has 0 atom stereocenters. The van der Waals surface area contributed by atoms with E-state index in [1.165, 1.54) is 11.1 Å². The Labute approximate surface area is 49.9 Å². The maximum atomic E-state index is 5.38. The van der Waals surface area contributed by atoms with Crippen LogP contribution in [0.5, 0.6) is 0 Å². The Balaban J connectivity index is 2.58. The number of hydrogen-bond acceptors (Lipinski definition) is 1. The van der Waals surface area contributed by atoms with Crippen LogP contribution in [0.1, 0.15) is 13.3 Å². The zero-order chi connectivity index (χ0) is 5.98. The summed E-state index contributed by atoms with van der Waals surface area (Å²) in [6.07, 6.45) is 5.43. The molecule has 0 spiro atoms. The van der Waals surface area contributed by atoms with E-state index in [-0.39, 0.29) is 0 Å². The normalized spacial score (nSPS) is 18.2. The molecule has 44 valence electrons. The predicted octanol–water partition coefficient (Wildman–Crippen LogP) is 1.22. The van der Waals surface area contributed by atoms with Crippen LogP contribution in [0.3, 0.4) is 0 Å². The number of nitrogens with two attached hydrogens (primary N) is 1.